The summed E-state index contributed by atoms with van der Waals surface area (Å²) in [7, 11) is 0. The molecule has 0 saturated heterocycles. The largest absolute Gasteiger partial charge is 0.522 e. The highest BCUT2D eigenvalue weighted by atomic mass is 32.1. The number of hydrogen-bond acceptors (Lipinski definition) is 3. The van der Waals surface area contributed by atoms with Gasteiger partial charge in [-0.2, -0.15) is 0 Å². The van der Waals surface area contributed by atoms with Gasteiger partial charge in [-0.05, 0) is 6.54 Å². The zero-order valence-electron chi connectivity index (χ0n) is 8.51. The third kappa shape index (κ3) is 9.89. The van der Waals surface area contributed by atoms with Gasteiger partial charge in [0, 0.05) is 19.5 Å². The lowest BCUT2D eigenvalue weighted by molar-refractivity contribution is -0.325. The Labute approximate surface area is 92.4 Å². The number of likely N-dealkylation sites (N-methyl/N-ethyl adjacent to an activating group) is 1. The fourth-order valence-electron chi connectivity index (χ4n) is 0.987. The van der Waals surface area contributed by atoms with Crippen molar-refractivity contribution in [2.24, 2.45) is 5.73 Å². The summed E-state index contributed by atoms with van der Waals surface area (Å²) >= 11 is 4.67. The minimum Gasteiger partial charge on any atom is -0.393 e. The minimum atomic E-state index is -4.55. The monoisotopic (exact) mass is 244 g/mol. The first-order valence-corrected chi connectivity index (χ1v) is 4.97. The van der Waals surface area contributed by atoms with Crippen LogP contribution in [0.3, 0.4) is 0 Å². The lowest BCUT2D eigenvalue weighted by Gasteiger charge is -2.20. The molecule has 2 N–H and O–H groups in total. The van der Waals surface area contributed by atoms with E-state index in [0.717, 1.165) is 0 Å². The van der Waals surface area contributed by atoms with Gasteiger partial charge in [-0.25, -0.2) is 0 Å². The van der Waals surface area contributed by atoms with E-state index in [2.05, 4.69) is 17.0 Å². The van der Waals surface area contributed by atoms with Gasteiger partial charge in [0.15, 0.2) is 0 Å². The molecule has 15 heavy (non-hydrogen) atoms. The van der Waals surface area contributed by atoms with Gasteiger partial charge < -0.3 is 10.6 Å². The van der Waals surface area contributed by atoms with E-state index in [9.17, 15) is 13.2 Å². The van der Waals surface area contributed by atoms with Crippen molar-refractivity contribution in [1.82, 2.24) is 4.90 Å². The summed E-state index contributed by atoms with van der Waals surface area (Å²) in [6.07, 6.45) is -4.04. The molecule has 0 aromatic heterocycles. The number of hydrogen-bond donors (Lipinski definition) is 1. The SMILES string of the molecule is CCN(CCOC(F)(F)F)CCC(N)=S. The van der Waals surface area contributed by atoms with Crippen LogP contribution >= 0.6 is 12.2 Å². The number of alkyl halides is 3. The van der Waals surface area contributed by atoms with Gasteiger partial charge in [0.1, 0.15) is 0 Å². The maximum Gasteiger partial charge on any atom is 0.522 e. The van der Waals surface area contributed by atoms with Crippen molar-refractivity contribution in [3.63, 3.8) is 0 Å². The average molecular weight is 244 g/mol. The maximum absolute atomic E-state index is 11.6. The van der Waals surface area contributed by atoms with Gasteiger partial charge in [-0.1, -0.05) is 19.1 Å². The smallest absolute Gasteiger partial charge is 0.393 e. The van der Waals surface area contributed by atoms with E-state index >= 15 is 0 Å². The molecule has 0 rings (SSSR count). The van der Waals surface area contributed by atoms with Crippen LogP contribution in [0.2, 0.25) is 0 Å². The lowest BCUT2D eigenvalue weighted by atomic mass is 10.3. The molecular formula is C8H15F3N2OS. The molecule has 7 heteroatoms. The molecule has 0 aliphatic rings. The number of nitrogens with zero attached hydrogens (tertiary/aromatic N) is 1. The van der Waals surface area contributed by atoms with E-state index in [1.807, 2.05) is 6.92 Å². The Morgan fingerprint density at radius 3 is 2.40 bits per heavy atom. The number of thiocarbonyl (C=S) groups is 1. The van der Waals surface area contributed by atoms with Crippen molar-refractivity contribution in [2.45, 2.75) is 19.7 Å². The number of halogens is 3. The normalized spacial score (nSPS) is 12.1. The molecule has 0 bridgehead atoms. The molecule has 0 heterocycles. The van der Waals surface area contributed by atoms with E-state index in [-0.39, 0.29) is 13.2 Å². The molecule has 0 aromatic carbocycles. The van der Waals surface area contributed by atoms with Crippen LogP contribution in [0.5, 0.6) is 0 Å². The molecule has 0 unspecified atom stereocenters. The van der Waals surface area contributed by atoms with Crippen molar-refractivity contribution >= 4 is 17.2 Å². The fourth-order valence-corrected chi connectivity index (χ4v) is 1.08. The summed E-state index contributed by atoms with van der Waals surface area (Å²) in [6, 6.07) is 0. The summed E-state index contributed by atoms with van der Waals surface area (Å²) in [4.78, 5) is 2.16. The summed E-state index contributed by atoms with van der Waals surface area (Å²) in [6.45, 7) is 2.91. The quantitative estimate of drug-likeness (QED) is 0.689. The molecule has 0 amide bonds. The van der Waals surface area contributed by atoms with Crippen molar-refractivity contribution < 1.29 is 17.9 Å². The molecule has 0 atom stereocenters. The van der Waals surface area contributed by atoms with Crippen molar-refractivity contribution in [3.8, 4) is 0 Å². The molecule has 0 spiro atoms. The Morgan fingerprint density at radius 1 is 1.40 bits per heavy atom. The van der Waals surface area contributed by atoms with Gasteiger partial charge in [-0.3, -0.25) is 4.74 Å². The van der Waals surface area contributed by atoms with Gasteiger partial charge in [0.25, 0.3) is 0 Å². The Bertz CT molecular complexity index is 199. The fraction of sp³-hybridized carbons (Fsp3) is 0.875. The Balaban J connectivity index is 3.66. The van der Waals surface area contributed by atoms with Crippen molar-refractivity contribution in [2.75, 3.05) is 26.2 Å². The van der Waals surface area contributed by atoms with Crippen LogP contribution in [0.4, 0.5) is 13.2 Å². The highest BCUT2D eigenvalue weighted by molar-refractivity contribution is 7.80. The zero-order valence-corrected chi connectivity index (χ0v) is 9.33. The van der Waals surface area contributed by atoms with Crippen LogP contribution in [-0.4, -0.2) is 42.5 Å². The maximum atomic E-state index is 11.6. The number of ether oxygens (including phenoxy) is 1. The van der Waals surface area contributed by atoms with Gasteiger partial charge >= 0.3 is 6.36 Å². The molecule has 0 aliphatic heterocycles. The van der Waals surface area contributed by atoms with Crippen LogP contribution in [-0.2, 0) is 4.74 Å². The molecule has 0 radical (unpaired) electrons. The first-order chi connectivity index (χ1) is 6.85. The van der Waals surface area contributed by atoms with Gasteiger partial charge in [-0.15, -0.1) is 13.2 Å². The summed E-state index contributed by atoms with van der Waals surface area (Å²) < 4.78 is 38.6. The number of rotatable bonds is 7. The Hall–Kier alpha value is -0.400. The first kappa shape index (κ1) is 14.6. The predicted molar refractivity (Wildman–Crippen MR) is 55.5 cm³/mol. The van der Waals surface area contributed by atoms with Crippen LogP contribution in [0.15, 0.2) is 0 Å². The van der Waals surface area contributed by atoms with Crippen LogP contribution < -0.4 is 5.73 Å². The third-order valence-corrected chi connectivity index (χ3v) is 2.00. The van der Waals surface area contributed by atoms with E-state index in [1.54, 1.807) is 4.90 Å². The molecule has 0 aromatic rings. The van der Waals surface area contributed by atoms with Crippen LogP contribution in [0, 0.1) is 0 Å². The van der Waals surface area contributed by atoms with Crippen molar-refractivity contribution in [3.05, 3.63) is 0 Å². The molecule has 90 valence electrons. The number of nitrogens with two attached hydrogens (primary N) is 1. The van der Waals surface area contributed by atoms with Gasteiger partial charge in [0.05, 0.1) is 11.6 Å². The van der Waals surface area contributed by atoms with E-state index in [1.165, 1.54) is 0 Å². The highest BCUT2D eigenvalue weighted by Gasteiger charge is 2.28. The van der Waals surface area contributed by atoms with Crippen LogP contribution in [0.1, 0.15) is 13.3 Å². The summed E-state index contributed by atoms with van der Waals surface area (Å²) in [5.41, 5.74) is 5.29. The Morgan fingerprint density at radius 2 is 2.00 bits per heavy atom. The third-order valence-electron chi connectivity index (χ3n) is 1.79. The predicted octanol–water partition coefficient (Wildman–Crippen LogP) is 1.52. The van der Waals surface area contributed by atoms with Gasteiger partial charge in [0.2, 0.25) is 0 Å². The first-order valence-electron chi connectivity index (χ1n) is 4.56. The molecule has 0 aliphatic carbocycles. The molecule has 0 fully saturated rings. The van der Waals surface area contributed by atoms with Crippen LogP contribution in [0.25, 0.3) is 0 Å². The lowest BCUT2D eigenvalue weighted by Crippen LogP contribution is -2.32. The molecule has 3 nitrogen and oxygen atoms in total. The summed E-state index contributed by atoms with van der Waals surface area (Å²) in [5.74, 6) is 0. The van der Waals surface area contributed by atoms with E-state index in [0.29, 0.717) is 24.5 Å². The highest BCUT2D eigenvalue weighted by Crippen LogP contribution is 2.15. The van der Waals surface area contributed by atoms with E-state index < -0.39 is 6.36 Å². The standard InChI is InChI=1S/C8H15F3N2OS/c1-2-13(4-3-7(12)15)5-6-14-8(9,10)11/h2-6H2,1H3,(H2,12,15). The Kier molecular flexibility index (Phi) is 6.78. The second-order valence-corrected chi connectivity index (χ2v) is 3.47. The average Bonchev–Trinajstić information content (AvgIpc) is 2.08. The molecule has 0 saturated carbocycles. The zero-order chi connectivity index (χ0) is 11.9. The molecular weight excluding hydrogens is 229 g/mol. The summed E-state index contributed by atoms with van der Waals surface area (Å²) in [5, 5.41) is 0. The topological polar surface area (TPSA) is 38.5 Å². The minimum absolute atomic E-state index is 0.221. The van der Waals surface area contributed by atoms with E-state index in [4.69, 9.17) is 5.73 Å². The second-order valence-electron chi connectivity index (χ2n) is 2.94. The van der Waals surface area contributed by atoms with Crippen molar-refractivity contribution in [1.29, 1.82) is 0 Å². The second kappa shape index (κ2) is 6.97.